The maximum absolute atomic E-state index is 11.8. The number of rotatable bonds is 3. The van der Waals surface area contributed by atoms with Gasteiger partial charge in [0.15, 0.2) is 0 Å². The molecule has 0 spiro atoms. The molecule has 3 amide bonds. The number of nitrogens with one attached hydrogen (secondary N) is 2. The minimum Gasteiger partial charge on any atom is -0.376 e. The van der Waals surface area contributed by atoms with Crippen molar-refractivity contribution in [2.45, 2.75) is 13.0 Å². The monoisotopic (exact) mass is 355 g/mol. The standard InChI is InChI=1S/C14H18BrN3O3/c1-10-8-18(6-7-21-10)9-13(19)17-14(20)16-12-4-2-11(15)3-5-12/h2-5,10H,6-9H2,1H3,(H2,16,17,19,20)/t10-/m0/s1. The van der Waals surface area contributed by atoms with Crippen LogP contribution in [0.2, 0.25) is 0 Å². The van der Waals surface area contributed by atoms with Gasteiger partial charge in [0.25, 0.3) is 0 Å². The Kier molecular flexibility index (Phi) is 5.72. The fourth-order valence-corrected chi connectivity index (χ4v) is 2.36. The summed E-state index contributed by atoms with van der Waals surface area (Å²) in [6.07, 6.45) is 0.114. The van der Waals surface area contributed by atoms with Crippen LogP contribution in [0, 0.1) is 0 Å². The van der Waals surface area contributed by atoms with E-state index in [1.54, 1.807) is 12.1 Å². The number of amides is 3. The molecule has 1 aromatic carbocycles. The van der Waals surface area contributed by atoms with Crippen LogP contribution in [0.15, 0.2) is 28.7 Å². The van der Waals surface area contributed by atoms with E-state index in [2.05, 4.69) is 26.6 Å². The molecule has 0 unspecified atom stereocenters. The van der Waals surface area contributed by atoms with E-state index in [0.717, 1.165) is 4.47 Å². The Morgan fingerprint density at radius 2 is 2.10 bits per heavy atom. The van der Waals surface area contributed by atoms with Gasteiger partial charge in [-0.3, -0.25) is 15.0 Å². The summed E-state index contributed by atoms with van der Waals surface area (Å²) < 4.78 is 6.33. The molecule has 1 heterocycles. The van der Waals surface area contributed by atoms with Crippen LogP contribution in [0.3, 0.4) is 0 Å². The number of anilines is 1. The van der Waals surface area contributed by atoms with Gasteiger partial charge in [0.1, 0.15) is 0 Å². The van der Waals surface area contributed by atoms with Gasteiger partial charge < -0.3 is 10.1 Å². The highest BCUT2D eigenvalue weighted by molar-refractivity contribution is 9.10. The molecule has 6 nitrogen and oxygen atoms in total. The van der Waals surface area contributed by atoms with Gasteiger partial charge in [-0.05, 0) is 31.2 Å². The van der Waals surface area contributed by atoms with E-state index in [-0.39, 0.29) is 18.6 Å². The van der Waals surface area contributed by atoms with Crippen LogP contribution in [0.25, 0.3) is 0 Å². The van der Waals surface area contributed by atoms with Gasteiger partial charge in [-0.15, -0.1) is 0 Å². The van der Waals surface area contributed by atoms with Crippen molar-refractivity contribution in [3.63, 3.8) is 0 Å². The first-order valence-electron chi connectivity index (χ1n) is 6.73. The molecule has 0 bridgehead atoms. The van der Waals surface area contributed by atoms with Crippen molar-refractivity contribution in [1.82, 2.24) is 10.2 Å². The molecule has 7 heteroatoms. The highest BCUT2D eigenvalue weighted by atomic mass is 79.9. The number of ether oxygens (including phenoxy) is 1. The summed E-state index contributed by atoms with van der Waals surface area (Å²) >= 11 is 3.31. The van der Waals surface area contributed by atoms with E-state index in [0.29, 0.717) is 25.4 Å². The van der Waals surface area contributed by atoms with Gasteiger partial charge in [-0.2, -0.15) is 0 Å². The molecule has 1 aliphatic heterocycles. The zero-order chi connectivity index (χ0) is 15.2. The molecule has 0 saturated carbocycles. The topological polar surface area (TPSA) is 70.7 Å². The fourth-order valence-electron chi connectivity index (χ4n) is 2.10. The average molecular weight is 356 g/mol. The third-order valence-electron chi connectivity index (χ3n) is 3.05. The van der Waals surface area contributed by atoms with E-state index < -0.39 is 6.03 Å². The number of carbonyl (C=O) groups is 2. The largest absolute Gasteiger partial charge is 0.376 e. The maximum Gasteiger partial charge on any atom is 0.325 e. The van der Waals surface area contributed by atoms with Crippen LogP contribution in [0.1, 0.15) is 6.92 Å². The Balaban J connectivity index is 1.76. The van der Waals surface area contributed by atoms with E-state index in [1.807, 2.05) is 24.0 Å². The quantitative estimate of drug-likeness (QED) is 0.867. The Hall–Kier alpha value is -1.44. The second kappa shape index (κ2) is 7.53. The van der Waals surface area contributed by atoms with Gasteiger partial charge in [0.2, 0.25) is 5.91 Å². The fraction of sp³-hybridized carbons (Fsp3) is 0.429. The first kappa shape index (κ1) is 15.9. The molecule has 0 aliphatic carbocycles. The molecule has 21 heavy (non-hydrogen) atoms. The molecule has 114 valence electrons. The summed E-state index contributed by atoms with van der Waals surface area (Å²) in [5, 5.41) is 4.93. The van der Waals surface area contributed by atoms with Crippen molar-refractivity contribution in [2.24, 2.45) is 0 Å². The highest BCUT2D eigenvalue weighted by Gasteiger charge is 2.19. The predicted molar refractivity (Wildman–Crippen MR) is 83.2 cm³/mol. The second-order valence-corrected chi connectivity index (χ2v) is 5.84. The smallest absolute Gasteiger partial charge is 0.325 e. The molecule has 1 atom stereocenters. The molecule has 0 radical (unpaired) electrons. The lowest BCUT2D eigenvalue weighted by atomic mass is 10.3. The summed E-state index contributed by atoms with van der Waals surface area (Å²) in [7, 11) is 0. The Bertz CT molecular complexity index is 507. The van der Waals surface area contributed by atoms with Gasteiger partial charge in [-0.1, -0.05) is 15.9 Å². The van der Waals surface area contributed by atoms with E-state index in [9.17, 15) is 9.59 Å². The van der Waals surface area contributed by atoms with E-state index >= 15 is 0 Å². The number of imide groups is 1. The molecule has 1 fully saturated rings. The first-order valence-corrected chi connectivity index (χ1v) is 7.52. The van der Waals surface area contributed by atoms with Crippen LogP contribution in [-0.2, 0) is 9.53 Å². The summed E-state index contributed by atoms with van der Waals surface area (Å²) in [4.78, 5) is 25.5. The van der Waals surface area contributed by atoms with Crippen molar-refractivity contribution < 1.29 is 14.3 Å². The first-order chi connectivity index (χ1) is 10.0. The summed E-state index contributed by atoms with van der Waals surface area (Å²) in [6, 6.07) is 6.60. The number of hydrogen-bond acceptors (Lipinski definition) is 4. The zero-order valence-corrected chi connectivity index (χ0v) is 13.4. The number of hydrogen-bond donors (Lipinski definition) is 2. The lowest BCUT2D eigenvalue weighted by Gasteiger charge is -2.30. The number of urea groups is 1. The Labute approximate surface area is 132 Å². The molecular weight excluding hydrogens is 338 g/mol. The Morgan fingerprint density at radius 1 is 1.38 bits per heavy atom. The summed E-state index contributed by atoms with van der Waals surface area (Å²) in [5.74, 6) is -0.321. The van der Waals surface area contributed by atoms with E-state index in [4.69, 9.17) is 4.74 Å². The summed E-state index contributed by atoms with van der Waals surface area (Å²) in [5.41, 5.74) is 0.628. The molecule has 2 N–H and O–H groups in total. The third-order valence-corrected chi connectivity index (χ3v) is 3.58. The molecule has 2 rings (SSSR count). The zero-order valence-electron chi connectivity index (χ0n) is 11.8. The normalized spacial score (nSPS) is 19.0. The number of nitrogens with zero attached hydrogens (tertiary/aromatic N) is 1. The van der Waals surface area contributed by atoms with Crippen LogP contribution < -0.4 is 10.6 Å². The lowest BCUT2D eigenvalue weighted by Crippen LogP contribution is -2.47. The minimum atomic E-state index is -0.524. The van der Waals surface area contributed by atoms with Crippen molar-refractivity contribution in [2.75, 3.05) is 31.6 Å². The number of carbonyl (C=O) groups excluding carboxylic acids is 2. The van der Waals surface area contributed by atoms with Crippen molar-refractivity contribution >= 4 is 33.6 Å². The molecule has 0 aromatic heterocycles. The van der Waals surface area contributed by atoms with Crippen molar-refractivity contribution in [3.8, 4) is 0 Å². The summed E-state index contributed by atoms with van der Waals surface area (Å²) in [6.45, 7) is 4.17. The molecular formula is C14H18BrN3O3. The van der Waals surface area contributed by atoms with Gasteiger partial charge in [0, 0.05) is 23.2 Å². The van der Waals surface area contributed by atoms with Gasteiger partial charge in [0.05, 0.1) is 19.3 Å². The van der Waals surface area contributed by atoms with Crippen LogP contribution in [0.4, 0.5) is 10.5 Å². The average Bonchev–Trinajstić information content (AvgIpc) is 2.41. The molecule has 1 aromatic rings. The van der Waals surface area contributed by atoms with Crippen molar-refractivity contribution in [3.05, 3.63) is 28.7 Å². The molecule has 1 aliphatic rings. The number of benzene rings is 1. The SMILES string of the molecule is C[C@H]1CN(CC(=O)NC(=O)Nc2ccc(Br)cc2)CCO1. The maximum atomic E-state index is 11.8. The van der Waals surface area contributed by atoms with Crippen molar-refractivity contribution in [1.29, 1.82) is 0 Å². The second-order valence-electron chi connectivity index (χ2n) is 4.93. The number of morpholine rings is 1. The minimum absolute atomic E-state index is 0.114. The Morgan fingerprint density at radius 3 is 2.76 bits per heavy atom. The van der Waals surface area contributed by atoms with E-state index in [1.165, 1.54) is 0 Å². The molecule has 1 saturated heterocycles. The highest BCUT2D eigenvalue weighted by Crippen LogP contribution is 2.13. The van der Waals surface area contributed by atoms with Gasteiger partial charge in [-0.25, -0.2) is 4.79 Å². The van der Waals surface area contributed by atoms with Crippen LogP contribution >= 0.6 is 15.9 Å². The third kappa shape index (κ3) is 5.45. The van der Waals surface area contributed by atoms with Gasteiger partial charge >= 0.3 is 6.03 Å². The lowest BCUT2D eigenvalue weighted by molar-refractivity contribution is -0.122. The van der Waals surface area contributed by atoms with Crippen LogP contribution in [-0.4, -0.2) is 49.2 Å². The van der Waals surface area contributed by atoms with Crippen LogP contribution in [0.5, 0.6) is 0 Å². The predicted octanol–water partition coefficient (Wildman–Crippen LogP) is 1.82. The number of halogens is 1.